The van der Waals surface area contributed by atoms with Crippen LogP contribution >= 0.6 is 22.9 Å². The van der Waals surface area contributed by atoms with Crippen LogP contribution in [0.25, 0.3) is 31.7 Å². The highest BCUT2D eigenvalue weighted by Crippen LogP contribution is 2.37. The third kappa shape index (κ3) is 3.22. The lowest BCUT2D eigenvalue weighted by Gasteiger charge is -2.03. The fourth-order valence-electron chi connectivity index (χ4n) is 3.04. The Hall–Kier alpha value is -2.09. The Morgan fingerprint density at radius 1 is 0.800 bits per heavy atom. The molecule has 124 valence electrons. The molecule has 4 aromatic rings. The monoisotopic (exact) mass is 362 g/mol. The molecule has 1 heterocycles. The molecule has 0 fully saturated rings. The average Bonchev–Trinajstić information content (AvgIpc) is 3.07. The number of halogens is 1. The molecule has 0 aliphatic rings. The molecule has 0 saturated heterocycles. The number of aryl methyl sites for hydroxylation is 2. The van der Waals surface area contributed by atoms with Crippen molar-refractivity contribution in [1.29, 1.82) is 0 Å². The number of fused-ring (bicyclic) bond motifs is 1. The molecule has 25 heavy (non-hydrogen) atoms. The lowest BCUT2D eigenvalue weighted by atomic mass is 10.0. The summed E-state index contributed by atoms with van der Waals surface area (Å²) in [5.74, 6) is 0. The molecule has 0 amide bonds. The minimum atomic E-state index is 0.826. The van der Waals surface area contributed by atoms with E-state index in [1.165, 1.54) is 37.2 Å². The molecule has 0 aliphatic heterocycles. The van der Waals surface area contributed by atoms with Gasteiger partial charge in [0.05, 0.1) is 0 Å². The van der Waals surface area contributed by atoms with E-state index in [-0.39, 0.29) is 0 Å². The van der Waals surface area contributed by atoms with Crippen LogP contribution in [0.15, 0.2) is 66.7 Å². The fourth-order valence-corrected chi connectivity index (χ4v) is 4.26. The molecule has 4 rings (SSSR count). The van der Waals surface area contributed by atoms with Gasteiger partial charge in [-0.3, -0.25) is 0 Å². The maximum Gasteiger partial charge on any atom is 0.0441 e. The van der Waals surface area contributed by atoms with E-state index in [1.54, 1.807) is 0 Å². The molecule has 0 saturated carbocycles. The van der Waals surface area contributed by atoms with Crippen molar-refractivity contribution < 1.29 is 0 Å². The number of benzene rings is 3. The summed E-state index contributed by atoms with van der Waals surface area (Å²) in [7, 11) is 0. The maximum atomic E-state index is 6.30. The third-order valence-electron chi connectivity index (χ3n) is 4.67. The summed E-state index contributed by atoms with van der Waals surface area (Å²) in [5.41, 5.74) is 6.21. The van der Waals surface area contributed by atoms with Crippen molar-refractivity contribution in [2.75, 3.05) is 0 Å². The standard InChI is InChI=1S/C23H19ClS/c1-3-16-5-8-17(9-6-16)18-10-11-22-20(12-18)14-23(25-22)19-7-4-15(2)21(24)13-19/h4-14H,3H2,1-2H3. The van der Waals surface area contributed by atoms with E-state index < -0.39 is 0 Å². The quantitative estimate of drug-likeness (QED) is 0.349. The van der Waals surface area contributed by atoms with E-state index in [2.05, 4.69) is 73.7 Å². The van der Waals surface area contributed by atoms with Crippen LogP contribution in [0.1, 0.15) is 18.1 Å². The van der Waals surface area contributed by atoms with Gasteiger partial charge in [-0.2, -0.15) is 0 Å². The van der Waals surface area contributed by atoms with Gasteiger partial charge in [0.1, 0.15) is 0 Å². The molecule has 3 aromatic carbocycles. The van der Waals surface area contributed by atoms with E-state index in [0.717, 1.165) is 17.0 Å². The number of thiophene rings is 1. The predicted molar refractivity (Wildman–Crippen MR) is 112 cm³/mol. The van der Waals surface area contributed by atoms with E-state index >= 15 is 0 Å². The summed E-state index contributed by atoms with van der Waals surface area (Å²) >= 11 is 8.11. The van der Waals surface area contributed by atoms with Crippen LogP contribution in [0, 0.1) is 6.92 Å². The van der Waals surface area contributed by atoms with Crippen LogP contribution < -0.4 is 0 Å². The molecule has 0 aliphatic carbocycles. The van der Waals surface area contributed by atoms with Gasteiger partial charge in [-0.1, -0.05) is 61.0 Å². The molecule has 0 unspecified atom stereocenters. The van der Waals surface area contributed by atoms with Crippen LogP contribution in [0.3, 0.4) is 0 Å². The Morgan fingerprint density at radius 2 is 1.52 bits per heavy atom. The first kappa shape index (κ1) is 16.4. The first-order chi connectivity index (χ1) is 12.1. The molecule has 1 aromatic heterocycles. The van der Waals surface area contributed by atoms with Gasteiger partial charge in [0.2, 0.25) is 0 Å². The Labute approximate surface area is 157 Å². The summed E-state index contributed by atoms with van der Waals surface area (Å²) < 4.78 is 1.31. The Kier molecular flexibility index (Phi) is 4.37. The van der Waals surface area contributed by atoms with Crippen molar-refractivity contribution in [3.05, 3.63) is 82.9 Å². The maximum absolute atomic E-state index is 6.30. The van der Waals surface area contributed by atoms with Crippen molar-refractivity contribution in [1.82, 2.24) is 0 Å². The zero-order valence-corrected chi connectivity index (χ0v) is 15.9. The van der Waals surface area contributed by atoms with Crippen LogP contribution in [-0.2, 0) is 6.42 Å². The summed E-state index contributed by atoms with van der Waals surface area (Å²) in [6.07, 6.45) is 1.08. The fraction of sp³-hybridized carbons (Fsp3) is 0.130. The van der Waals surface area contributed by atoms with Gasteiger partial charge in [-0.25, -0.2) is 0 Å². The third-order valence-corrected chi connectivity index (χ3v) is 6.24. The van der Waals surface area contributed by atoms with Gasteiger partial charge in [0.15, 0.2) is 0 Å². The summed E-state index contributed by atoms with van der Waals surface area (Å²) in [6.45, 7) is 4.22. The molecule has 0 spiro atoms. The van der Waals surface area contributed by atoms with Crippen LogP contribution in [-0.4, -0.2) is 0 Å². The average molecular weight is 363 g/mol. The Balaban J connectivity index is 1.74. The molecule has 0 bridgehead atoms. The normalized spacial score (nSPS) is 11.2. The largest absolute Gasteiger partial charge is 0.135 e. The van der Waals surface area contributed by atoms with Crippen LogP contribution in [0.2, 0.25) is 5.02 Å². The van der Waals surface area contributed by atoms with Crippen LogP contribution in [0.5, 0.6) is 0 Å². The van der Waals surface area contributed by atoms with Crippen LogP contribution in [0.4, 0.5) is 0 Å². The molecule has 2 heteroatoms. The van der Waals surface area contributed by atoms with Gasteiger partial charge in [-0.15, -0.1) is 11.3 Å². The SMILES string of the molecule is CCc1ccc(-c2ccc3sc(-c4ccc(C)c(Cl)c4)cc3c2)cc1. The molecule has 0 atom stereocenters. The van der Waals surface area contributed by atoms with Crippen molar-refractivity contribution in [3.63, 3.8) is 0 Å². The smallest absolute Gasteiger partial charge is 0.0441 e. The second-order valence-corrected chi connectivity index (χ2v) is 7.87. The first-order valence-electron chi connectivity index (χ1n) is 8.53. The van der Waals surface area contributed by atoms with Crippen molar-refractivity contribution in [2.45, 2.75) is 20.3 Å². The lowest BCUT2D eigenvalue weighted by Crippen LogP contribution is -1.81. The Morgan fingerprint density at radius 3 is 2.24 bits per heavy atom. The number of hydrogen-bond donors (Lipinski definition) is 0. The highest BCUT2D eigenvalue weighted by molar-refractivity contribution is 7.22. The lowest BCUT2D eigenvalue weighted by molar-refractivity contribution is 1.14. The molecule has 0 nitrogen and oxygen atoms in total. The number of hydrogen-bond acceptors (Lipinski definition) is 1. The van der Waals surface area contributed by atoms with E-state index in [9.17, 15) is 0 Å². The van der Waals surface area contributed by atoms with Gasteiger partial charge in [0.25, 0.3) is 0 Å². The second kappa shape index (κ2) is 6.67. The molecule has 0 radical (unpaired) electrons. The van der Waals surface area contributed by atoms with Crippen molar-refractivity contribution in [3.8, 4) is 21.6 Å². The minimum absolute atomic E-state index is 0.826. The van der Waals surface area contributed by atoms with E-state index in [1.807, 2.05) is 18.3 Å². The second-order valence-electron chi connectivity index (χ2n) is 6.38. The van der Waals surface area contributed by atoms with E-state index in [0.29, 0.717) is 0 Å². The topological polar surface area (TPSA) is 0 Å². The highest BCUT2D eigenvalue weighted by Gasteiger charge is 2.07. The van der Waals surface area contributed by atoms with Gasteiger partial charge < -0.3 is 0 Å². The summed E-state index contributed by atoms with van der Waals surface area (Å²) in [6, 6.07) is 24.1. The molecular weight excluding hydrogens is 344 g/mol. The minimum Gasteiger partial charge on any atom is -0.135 e. The van der Waals surface area contributed by atoms with Gasteiger partial charge in [0, 0.05) is 14.6 Å². The van der Waals surface area contributed by atoms with Gasteiger partial charge >= 0.3 is 0 Å². The van der Waals surface area contributed by atoms with Crippen molar-refractivity contribution >= 4 is 33.0 Å². The highest BCUT2D eigenvalue weighted by atomic mass is 35.5. The van der Waals surface area contributed by atoms with E-state index in [4.69, 9.17) is 11.6 Å². The summed E-state index contributed by atoms with van der Waals surface area (Å²) in [4.78, 5) is 1.26. The zero-order valence-electron chi connectivity index (χ0n) is 14.3. The number of rotatable bonds is 3. The van der Waals surface area contributed by atoms with Crippen molar-refractivity contribution in [2.24, 2.45) is 0 Å². The summed E-state index contributed by atoms with van der Waals surface area (Å²) in [5, 5.41) is 2.11. The Bertz CT molecular complexity index is 1040. The molecule has 0 N–H and O–H groups in total. The predicted octanol–water partition coefficient (Wildman–Crippen LogP) is 7.76. The molecular formula is C23H19ClS. The first-order valence-corrected chi connectivity index (χ1v) is 9.73. The zero-order chi connectivity index (χ0) is 17.4. The van der Waals surface area contributed by atoms with Gasteiger partial charge in [-0.05, 0) is 70.8 Å².